The average molecular weight is 282 g/mol. The van der Waals surface area contributed by atoms with Crippen molar-refractivity contribution in [3.63, 3.8) is 0 Å². The molecule has 0 aliphatic heterocycles. The molecule has 0 aromatic carbocycles. The van der Waals surface area contributed by atoms with E-state index in [1.165, 1.54) is 0 Å². The predicted molar refractivity (Wildman–Crippen MR) is 15.2 cm³/mol. The minimum absolute atomic E-state index is 0. The Morgan fingerprint density at radius 3 is 1.25 bits per heavy atom. The molecule has 1 nitrogen and oxygen atoms in total. The fourth-order valence-corrected chi connectivity index (χ4v) is 0. The van der Waals surface area contributed by atoms with Gasteiger partial charge in [0.05, 0.1) is 0 Å². The van der Waals surface area contributed by atoms with Crippen LogP contribution in [0.5, 0.6) is 0 Å². The Morgan fingerprint density at radius 1 is 1.25 bits per heavy atom. The minimum Gasteiger partial charge on any atom is -0.668 e. The van der Waals surface area contributed by atoms with Gasteiger partial charge in [0.25, 0.3) is 0 Å². The summed E-state index contributed by atoms with van der Waals surface area (Å²) < 4.78 is 0. The van der Waals surface area contributed by atoms with E-state index in [9.17, 15) is 0 Å². The summed E-state index contributed by atoms with van der Waals surface area (Å²) in [6.45, 7) is 0. The topological polar surface area (TPSA) is 14.1 Å². The summed E-state index contributed by atoms with van der Waals surface area (Å²) >= 11 is 0. The van der Waals surface area contributed by atoms with Crippen LogP contribution >= 0.6 is 0 Å². The van der Waals surface area contributed by atoms with Gasteiger partial charge in [-0.15, -0.1) is 0 Å². The summed E-state index contributed by atoms with van der Waals surface area (Å²) in [5, 5.41) is 3.50. The van der Waals surface area contributed by atoms with Crippen molar-refractivity contribution in [1.82, 2.24) is 0 Å². The van der Waals surface area contributed by atoms with E-state index in [-0.39, 0.29) is 31.1 Å². The second-order valence-corrected chi connectivity index (χ2v) is 0.447. The first-order valence-corrected chi connectivity index (χ1v) is 0.894. The van der Waals surface area contributed by atoms with Crippen LogP contribution in [0.15, 0.2) is 0 Å². The quantitative estimate of drug-likeness (QED) is 0.618. The number of rotatable bonds is 0. The van der Waals surface area contributed by atoms with Crippen LogP contribution in [0.4, 0.5) is 0 Å². The zero-order chi connectivity index (χ0) is 2.71. The summed E-state index contributed by atoms with van der Waals surface area (Å²) in [4.78, 5) is 0. The van der Waals surface area contributed by atoms with Crippen molar-refractivity contribution in [2.75, 3.05) is 14.1 Å². The molecular weight excluding hydrogens is 276 g/mol. The van der Waals surface area contributed by atoms with Crippen molar-refractivity contribution in [3.05, 3.63) is 5.32 Å². The Balaban J connectivity index is 0. The maximum Gasteiger partial charge on any atom is 0 e. The third-order valence-corrected chi connectivity index (χ3v) is 0. The molecule has 0 aliphatic carbocycles. The third-order valence-electron chi connectivity index (χ3n) is 0. The Bertz CT molecular complexity index is 6.00. The van der Waals surface area contributed by atoms with Crippen molar-refractivity contribution >= 4 is 0 Å². The van der Waals surface area contributed by atoms with Gasteiger partial charge in [0.1, 0.15) is 0 Å². The smallest absolute Gasteiger partial charge is 0 e. The molecule has 0 aliphatic rings. The van der Waals surface area contributed by atoms with Gasteiger partial charge in [-0.3, -0.25) is 0 Å². The monoisotopic (exact) mass is 282 g/mol. The van der Waals surface area contributed by atoms with Gasteiger partial charge in [-0.1, -0.05) is 0 Å². The van der Waals surface area contributed by atoms with Gasteiger partial charge < -0.3 is 5.32 Å². The molecule has 24 valence electrons. The molecule has 0 saturated carbocycles. The maximum atomic E-state index is 3.50. The van der Waals surface area contributed by atoms with Crippen LogP contribution in [0, 0.1) is 31.1 Å². The van der Waals surface area contributed by atoms with Crippen LogP contribution in [0.3, 0.4) is 0 Å². The largest absolute Gasteiger partial charge is 0.668 e. The van der Waals surface area contributed by atoms with Gasteiger partial charge in [0.15, 0.2) is 0 Å². The molecule has 0 amide bonds. The molecule has 0 rings (SSSR count). The normalized spacial score (nSPS) is 4.50. The van der Waals surface area contributed by atoms with Crippen molar-refractivity contribution in [1.29, 1.82) is 0 Å². The SMILES string of the molecule is C[N-]C.[U]. The molecule has 0 bridgehead atoms. The summed E-state index contributed by atoms with van der Waals surface area (Å²) in [6, 6.07) is 0. The van der Waals surface area contributed by atoms with Gasteiger partial charge in [-0.2, -0.15) is 14.1 Å². The Labute approximate surface area is 50.5 Å². The van der Waals surface area contributed by atoms with Crippen LogP contribution in [0.2, 0.25) is 0 Å². The number of hydrogen-bond acceptors (Lipinski definition) is 0. The van der Waals surface area contributed by atoms with Crippen molar-refractivity contribution in [2.45, 2.75) is 0 Å². The van der Waals surface area contributed by atoms with Crippen LogP contribution in [-0.2, 0) is 0 Å². The molecule has 0 radical (unpaired) electrons. The first-order valence-electron chi connectivity index (χ1n) is 0.894. The van der Waals surface area contributed by atoms with Gasteiger partial charge in [0, 0.05) is 31.1 Å². The summed E-state index contributed by atoms with van der Waals surface area (Å²) in [7, 11) is 3.50. The van der Waals surface area contributed by atoms with Gasteiger partial charge in [-0.05, 0) is 0 Å². The molecule has 0 unspecified atom stereocenters. The average Bonchev–Trinajstić information content (AvgIpc) is 0.918. The molecule has 0 N–H and O–H groups in total. The number of hydrogen-bond donors (Lipinski definition) is 0. The third kappa shape index (κ3) is 11.9. The van der Waals surface area contributed by atoms with E-state index in [4.69, 9.17) is 0 Å². The zero-order valence-corrected chi connectivity index (χ0v) is 7.11. The van der Waals surface area contributed by atoms with Crippen LogP contribution in [0.25, 0.3) is 5.32 Å². The second-order valence-electron chi connectivity index (χ2n) is 0.447. The molecule has 0 heterocycles. The second kappa shape index (κ2) is 8.99. The van der Waals surface area contributed by atoms with Gasteiger partial charge >= 0.3 is 0 Å². The molecule has 0 aromatic rings. The van der Waals surface area contributed by atoms with Crippen molar-refractivity contribution < 1.29 is 31.1 Å². The maximum absolute atomic E-state index is 3.50. The first-order chi connectivity index (χ1) is 1.41. The Morgan fingerprint density at radius 2 is 1.25 bits per heavy atom. The van der Waals surface area contributed by atoms with Crippen LogP contribution in [0.1, 0.15) is 0 Å². The minimum atomic E-state index is 0. The van der Waals surface area contributed by atoms with E-state index < -0.39 is 0 Å². The molecular formula is C2H6NU-. The van der Waals surface area contributed by atoms with E-state index in [2.05, 4.69) is 5.32 Å². The van der Waals surface area contributed by atoms with Crippen LogP contribution in [-0.4, -0.2) is 14.1 Å². The first kappa shape index (κ1) is 8.89. The van der Waals surface area contributed by atoms with E-state index in [1.807, 2.05) is 0 Å². The van der Waals surface area contributed by atoms with Crippen molar-refractivity contribution in [3.8, 4) is 0 Å². The summed E-state index contributed by atoms with van der Waals surface area (Å²) in [5.74, 6) is 0. The zero-order valence-electron chi connectivity index (χ0n) is 2.95. The fourth-order valence-electron chi connectivity index (χ4n) is 0. The summed E-state index contributed by atoms with van der Waals surface area (Å²) in [5.41, 5.74) is 0. The van der Waals surface area contributed by atoms with Gasteiger partial charge in [-0.25, -0.2) is 0 Å². The molecule has 2 heteroatoms. The summed E-state index contributed by atoms with van der Waals surface area (Å²) in [6.07, 6.45) is 0. The van der Waals surface area contributed by atoms with E-state index >= 15 is 0 Å². The van der Waals surface area contributed by atoms with E-state index in [0.29, 0.717) is 0 Å². The standard InChI is InChI=1S/C2H6N.U/c1-3-2;/h1-2H3;/q-1;. The fraction of sp³-hybridized carbons (Fsp3) is 1.00. The Kier molecular flexibility index (Phi) is 20.0. The van der Waals surface area contributed by atoms with E-state index in [0.717, 1.165) is 0 Å². The molecule has 0 atom stereocenters. The van der Waals surface area contributed by atoms with Gasteiger partial charge in [0.2, 0.25) is 0 Å². The Hall–Kier alpha value is 1.01. The molecule has 4 heavy (non-hydrogen) atoms. The van der Waals surface area contributed by atoms with Crippen LogP contribution < -0.4 is 0 Å². The molecule has 0 aromatic heterocycles. The number of nitrogens with zero attached hydrogens (tertiary/aromatic N) is 1. The molecule has 0 spiro atoms. The predicted octanol–water partition coefficient (Wildman–Crippen LogP) is 0.620. The van der Waals surface area contributed by atoms with E-state index in [1.54, 1.807) is 14.1 Å². The molecule has 0 saturated heterocycles. The molecule has 0 fully saturated rings. The van der Waals surface area contributed by atoms with Crippen molar-refractivity contribution in [2.24, 2.45) is 0 Å².